The van der Waals surface area contributed by atoms with Gasteiger partial charge in [-0.15, -0.1) is 0 Å². The number of allylic oxidation sites excluding steroid dienone is 2. The van der Waals surface area contributed by atoms with E-state index in [1.807, 2.05) is 0 Å². The molecule has 0 aliphatic heterocycles. The molecule has 484 valence electrons. The molecule has 0 aromatic heterocycles. The minimum absolute atomic E-state index is 0.0182. The second kappa shape index (κ2) is 71.7. The van der Waals surface area contributed by atoms with Gasteiger partial charge in [-0.3, -0.25) is 0 Å². The first kappa shape index (κ1) is 80.2. The lowest BCUT2D eigenvalue weighted by atomic mass is 10.1. The van der Waals surface area contributed by atoms with Gasteiger partial charge in [-0.25, -0.2) is 0 Å². The number of unbranched alkanes of at least 4 members (excludes halogenated alkanes) is 44. The van der Waals surface area contributed by atoms with Crippen LogP contribution in [0.25, 0.3) is 0 Å². The molecule has 0 amide bonds. The molecular weight excluding hydrogens is 1000 g/mol. The van der Waals surface area contributed by atoms with Crippen molar-refractivity contribution >= 4 is 0 Å². The van der Waals surface area contributed by atoms with Gasteiger partial charge in [0.1, 0.15) is 0 Å². The predicted molar refractivity (Wildman–Crippen MR) is 354 cm³/mol. The van der Waals surface area contributed by atoms with Gasteiger partial charge >= 0.3 is 0 Å². The molecule has 0 aliphatic rings. The molecule has 0 saturated heterocycles. The molecule has 0 bridgehead atoms. The highest BCUT2D eigenvalue weighted by Crippen LogP contribution is 2.19. The highest BCUT2D eigenvalue weighted by Gasteiger charge is 2.15. The molecule has 7 nitrogen and oxygen atoms in total. The standard InChI is InChI=1S/C74H146O7/c1-7-13-19-25-27-39-49-59-69-79-73(63-53-43-37-33-29-31-35-41-51-61-71(75-65-55-45-21-15-9-3)76-66-56-46-22-16-10-4)81-74(80-70-60-50-40-28-26-20-14-8-2)64-54-44-38-34-30-32-36-42-52-62-72(77-67-57-47-23-17-11-5)78-68-58-48-24-18-12-6/h53-54,63-64,71-74H,7-52,55-62,65-70H2,1-6H3. The summed E-state index contributed by atoms with van der Waals surface area (Å²) < 4.78 is 44.9. The second-order valence-electron chi connectivity index (χ2n) is 24.5. The Morgan fingerprint density at radius 1 is 0.210 bits per heavy atom. The van der Waals surface area contributed by atoms with Gasteiger partial charge in [-0.1, -0.05) is 311 Å². The molecule has 0 aliphatic carbocycles. The zero-order chi connectivity index (χ0) is 58.5. The minimum Gasteiger partial charge on any atom is -0.353 e. The van der Waals surface area contributed by atoms with Crippen LogP contribution in [-0.4, -0.2) is 64.8 Å². The number of rotatable bonds is 72. The summed E-state index contributed by atoms with van der Waals surface area (Å²) >= 11 is 0. The van der Waals surface area contributed by atoms with Gasteiger partial charge in [0, 0.05) is 26.4 Å². The molecule has 0 fully saturated rings. The Hall–Kier alpha value is -0.800. The third-order valence-corrected chi connectivity index (χ3v) is 16.2. The molecule has 0 saturated carbocycles. The molecule has 0 radical (unpaired) electrons. The third kappa shape index (κ3) is 65.0. The van der Waals surface area contributed by atoms with Gasteiger partial charge in [0.15, 0.2) is 25.2 Å². The van der Waals surface area contributed by atoms with Crippen molar-refractivity contribution in [1.29, 1.82) is 0 Å². The first-order valence-electron chi connectivity index (χ1n) is 36.8. The van der Waals surface area contributed by atoms with Crippen molar-refractivity contribution in [2.75, 3.05) is 39.6 Å². The van der Waals surface area contributed by atoms with Crippen LogP contribution in [0.5, 0.6) is 0 Å². The highest BCUT2D eigenvalue weighted by atomic mass is 16.8. The van der Waals surface area contributed by atoms with E-state index in [0.29, 0.717) is 0 Å². The number of hydrogen-bond acceptors (Lipinski definition) is 7. The van der Waals surface area contributed by atoms with Crippen molar-refractivity contribution in [2.24, 2.45) is 0 Å². The smallest absolute Gasteiger partial charge is 0.180 e. The Balaban J connectivity index is 5.17. The lowest BCUT2D eigenvalue weighted by Crippen LogP contribution is -2.25. The second-order valence-corrected chi connectivity index (χ2v) is 24.5. The summed E-state index contributed by atoms with van der Waals surface area (Å²) in [6, 6.07) is 0. The summed E-state index contributed by atoms with van der Waals surface area (Å²) in [4.78, 5) is 0. The molecule has 0 heterocycles. The topological polar surface area (TPSA) is 64.6 Å². The average Bonchev–Trinajstić information content (AvgIpc) is 3.47. The predicted octanol–water partition coefficient (Wildman–Crippen LogP) is 24.7. The van der Waals surface area contributed by atoms with Crippen LogP contribution in [0.4, 0.5) is 0 Å². The van der Waals surface area contributed by atoms with Crippen LogP contribution < -0.4 is 0 Å². The van der Waals surface area contributed by atoms with E-state index in [1.54, 1.807) is 0 Å². The zero-order valence-corrected chi connectivity index (χ0v) is 55.9. The highest BCUT2D eigenvalue weighted by molar-refractivity contribution is 4.90. The van der Waals surface area contributed by atoms with Gasteiger partial charge < -0.3 is 33.2 Å². The fourth-order valence-electron chi connectivity index (χ4n) is 10.7. The van der Waals surface area contributed by atoms with E-state index in [-0.39, 0.29) is 25.2 Å². The Labute approximate surface area is 508 Å². The van der Waals surface area contributed by atoms with Gasteiger partial charge in [0.05, 0.1) is 13.2 Å². The Morgan fingerprint density at radius 2 is 0.407 bits per heavy atom. The van der Waals surface area contributed by atoms with Crippen molar-refractivity contribution in [3.05, 3.63) is 24.3 Å². The number of ether oxygens (including phenoxy) is 7. The molecule has 81 heavy (non-hydrogen) atoms. The van der Waals surface area contributed by atoms with Crippen LogP contribution in [0, 0.1) is 0 Å². The maximum absolute atomic E-state index is 6.70. The van der Waals surface area contributed by atoms with Crippen LogP contribution in [0.15, 0.2) is 24.3 Å². The van der Waals surface area contributed by atoms with Crippen molar-refractivity contribution in [1.82, 2.24) is 0 Å². The molecule has 0 aromatic rings. The van der Waals surface area contributed by atoms with E-state index >= 15 is 0 Å². The normalized spacial score (nSPS) is 12.9. The maximum Gasteiger partial charge on any atom is 0.180 e. The third-order valence-electron chi connectivity index (χ3n) is 16.2. The molecule has 0 aromatic carbocycles. The molecule has 2 unspecified atom stereocenters. The SMILES string of the molecule is CCCCCCCCCCOC(C=CCCCCCCCCCC(OCCCCCCC)OCCCCCCC)OC(C=CCCCCCCCCCC(OCCCCCCC)OCCCCCCC)OCCCCCCCCCC. The van der Waals surface area contributed by atoms with Gasteiger partial charge in [0.25, 0.3) is 0 Å². The van der Waals surface area contributed by atoms with E-state index in [1.165, 1.54) is 283 Å². The van der Waals surface area contributed by atoms with E-state index in [0.717, 1.165) is 104 Å². The van der Waals surface area contributed by atoms with Crippen molar-refractivity contribution in [2.45, 2.75) is 413 Å². The molecule has 0 N–H and O–H groups in total. The Kier molecular flexibility index (Phi) is 71.0. The fraction of sp³-hybridized carbons (Fsp3) is 0.946. The quantitative estimate of drug-likeness (QED) is 0.0342. The van der Waals surface area contributed by atoms with Crippen LogP contribution in [0.1, 0.15) is 388 Å². The monoisotopic (exact) mass is 1150 g/mol. The summed E-state index contributed by atoms with van der Waals surface area (Å²) in [5.41, 5.74) is 0. The Morgan fingerprint density at radius 3 is 0.654 bits per heavy atom. The van der Waals surface area contributed by atoms with Gasteiger partial charge in [-0.05, 0) is 102 Å². The van der Waals surface area contributed by atoms with E-state index in [4.69, 9.17) is 33.2 Å². The Bertz CT molecular complexity index is 1060. The van der Waals surface area contributed by atoms with Crippen LogP contribution in [0.2, 0.25) is 0 Å². The summed E-state index contributed by atoms with van der Waals surface area (Å²) in [6.07, 6.45) is 76.4. The van der Waals surface area contributed by atoms with Gasteiger partial charge in [0.2, 0.25) is 0 Å². The molecule has 0 rings (SSSR count). The summed E-state index contributed by atoms with van der Waals surface area (Å²) in [7, 11) is 0. The molecular formula is C74H146O7. The summed E-state index contributed by atoms with van der Waals surface area (Å²) in [5.74, 6) is 0. The van der Waals surface area contributed by atoms with E-state index in [9.17, 15) is 0 Å². The molecule has 2 atom stereocenters. The minimum atomic E-state index is -0.388. The van der Waals surface area contributed by atoms with Crippen molar-refractivity contribution < 1.29 is 33.2 Å². The first-order valence-corrected chi connectivity index (χ1v) is 36.8. The zero-order valence-electron chi connectivity index (χ0n) is 55.9. The van der Waals surface area contributed by atoms with Crippen LogP contribution in [-0.2, 0) is 33.2 Å². The maximum atomic E-state index is 6.70. The van der Waals surface area contributed by atoms with E-state index in [2.05, 4.69) is 65.8 Å². The molecule has 7 heteroatoms. The van der Waals surface area contributed by atoms with Crippen molar-refractivity contribution in [3.8, 4) is 0 Å². The van der Waals surface area contributed by atoms with E-state index < -0.39 is 0 Å². The lowest BCUT2D eigenvalue weighted by Gasteiger charge is -2.22. The van der Waals surface area contributed by atoms with Crippen molar-refractivity contribution in [3.63, 3.8) is 0 Å². The number of hydrogen-bond donors (Lipinski definition) is 0. The van der Waals surface area contributed by atoms with Gasteiger partial charge in [-0.2, -0.15) is 0 Å². The largest absolute Gasteiger partial charge is 0.353 e. The van der Waals surface area contributed by atoms with Crippen LogP contribution in [0.3, 0.4) is 0 Å². The summed E-state index contributed by atoms with van der Waals surface area (Å²) in [5, 5.41) is 0. The lowest BCUT2D eigenvalue weighted by molar-refractivity contribution is -0.208. The summed E-state index contributed by atoms with van der Waals surface area (Å²) in [6.45, 7) is 18.6. The molecule has 0 spiro atoms. The van der Waals surface area contributed by atoms with Crippen LogP contribution >= 0.6 is 0 Å². The average molecular weight is 1150 g/mol. The fourth-order valence-corrected chi connectivity index (χ4v) is 10.7. The first-order chi connectivity index (χ1) is 40.1.